The summed E-state index contributed by atoms with van der Waals surface area (Å²) in [5.41, 5.74) is 5.11. The predicted molar refractivity (Wildman–Crippen MR) is 47.6 cm³/mol. The molecule has 0 radical (unpaired) electrons. The summed E-state index contributed by atoms with van der Waals surface area (Å²) in [6, 6.07) is 0. The fraction of sp³-hybridized carbons (Fsp3) is 0.714. The van der Waals surface area contributed by atoms with Crippen LogP contribution in [-0.2, 0) is 4.74 Å². The zero-order valence-electron chi connectivity index (χ0n) is 7.78. The van der Waals surface area contributed by atoms with E-state index in [0.29, 0.717) is 6.61 Å². The third-order valence-corrected chi connectivity index (χ3v) is 1.09. The first kappa shape index (κ1) is 11.5. The van der Waals surface area contributed by atoms with E-state index in [2.05, 4.69) is 10.5 Å². The molecule has 1 amide bonds. The summed E-state index contributed by atoms with van der Waals surface area (Å²) >= 11 is 0. The van der Waals surface area contributed by atoms with E-state index in [1.165, 1.54) is 0 Å². The van der Waals surface area contributed by atoms with Crippen LogP contribution in [0, 0.1) is 5.92 Å². The summed E-state index contributed by atoms with van der Waals surface area (Å²) in [7, 11) is 0. The Labute approximate surface area is 76.7 Å². The van der Waals surface area contributed by atoms with Gasteiger partial charge in [-0.25, -0.2) is 4.79 Å². The number of carbonyl (C=O) groups excluding carboxylic acids is 1. The number of amides is 1. The molecular weight excluding hydrogens is 174 g/mol. The number of hydrogen-bond donors (Lipinski definition) is 3. The molecule has 76 valence electrons. The van der Waals surface area contributed by atoms with Crippen LogP contribution in [0.5, 0.6) is 0 Å². The van der Waals surface area contributed by atoms with E-state index >= 15 is 0 Å². The summed E-state index contributed by atoms with van der Waals surface area (Å²) in [4.78, 5) is 10.8. The maximum Gasteiger partial charge on any atom is 0.407 e. The van der Waals surface area contributed by atoms with Crippen molar-refractivity contribution in [2.24, 2.45) is 16.8 Å². The first-order chi connectivity index (χ1) is 6.06. The van der Waals surface area contributed by atoms with Crippen LogP contribution in [0.2, 0.25) is 0 Å². The number of ether oxygens (including phenoxy) is 1. The molecule has 0 saturated heterocycles. The third-order valence-electron chi connectivity index (χ3n) is 1.09. The molecule has 0 heterocycles. The molecule has 0 aliphatic heterocycles. The molecule has 0 aromatic rings. The summed E-state index contributed by atoms with van der Waals surface area (Å²) in [6.45, 7) is 4.18. The zero-order valence-corrected chi connectivity index (χ0v) is 7.78. The van der Waals surface area contributed by atoms with E-state index in [9.17, 15) is 4.79 Å². The van der Waals surface area contributed by atoms with Crippen molar-refractivity contribution in [3.63, 3.8) is 0 Å². The Morgan fingerprint density at radius 3 is 2.77 bits per heavy atom. The molecule has 0 bridgehead atoms. The number of amidine groups is 1. The number of rotatable bonds is 4. The number of nitrogens with zero attached hydrogens (tertiary/aromatic N) is 1. The van der Waals surface area contributed by atoms with Crippen molar-refractivity contribution < 1.29 is 14.7 Å². The highest BCUT2D eigenvalue weighted by Crippen LogP contribution is 1.91. The van der Waals surface area contributed by atoms with Gasteiger partial charge in [0.1, 0.15) is 0 Å². The fourth-order valence-electron chi connectivity index (χ4n) is 0.491. The van der Waals surface area contributed by atoms with Gasteiger partial charge in [0.2, 0.25) is 0 Å². The molecule has 6 nitrogen and oxygen atoms in total. The smallest absolute Gasteiger partial charge is 0.407 e. The minimum Gasteiger partial charge on any atom is -0.449 e. The maximum absolute atomic E-state index is 10.8. The second-order valence-corrected chi connectivity index (χ2v) is 2.94. The lowest BCUT2D eigenvalue weighted by Crippen LogP contribution is -2.34. The zero-order chi connectivity index (χ0) is 10.3. The SMILES string of the molecule is CC(C)COC(=O)NC/C(N)=N/O. The van der Waals surface area contributed by atoms with Crippen molar-refractivity contribution in [3.05, 3.63) is 0 Å². The largest absolute Gasteiger partial charge is 0.449 e. The highest BCUT2D eigenvalue weighted by Gasteiger charge is 2.03. The molecule has 4 N–H and O–H groups in total. The van der Waals surface area contributed by atoms with Gasteiger partial charge in [-0.15, -0.1) is 0 Å². The molecule has 13 heavy (non-hydrogen) atoms. The minimum absolute atomic E-state index is 0.0204. The Morgan fingerprint density at radius 1 is 1.69 bits per heavy atom. The second-order valence-electron chi connectivity index (χ2n) is 2.94. The summed E-state index contributed by atoms with van der Waals surface area (Å²) < 4.78 is 4.76. The summed E-state index contributed by atoms with van der Waals surface area (Å²) in [6.07, 6.45) is -0.569. The predicted octanol–water partition coefficient (Wildman–Crippen LogP) is 0.115. The van der Waals surface area contributed by atoms with Gasteiger partial charge in [0, 0.05) is 0 Å². The number of nitrogens with one attached hydrogen (secondary N) is 1. The molecular formula is C7H15N3O3. The molecule has 0 spiro atoms. The number of alkyl carbamates (subject to hydrolysis) is 1. The van der Waals surface area contributed by atoms with Gasteiger partial charge in [0.05, 0.1) is 13.2 Å². The summed E-state index contributed by atoms with van der Waals surface area (Å²) in [5.74, 6) is 0.219. The highest BCUT2D eigenvalue weighted by molar-refractivity contribution is 5.84. The molecule has 0 aromatic heterocycles. The Kier molecular flexibility index (Phi) is 5.42. The third kappa shape index (κ3) is 6.92. The van der Waals surface area contributed by atoms with E-state index in [0.717, 1.165) is 0 Å². The second kappa shape index (κ2) is 6.10. The lowest BCUT2D eigenvalue weighted by Gasteiger charge is -2.07. The van der Waals surface area contributed by atoms with Crippen LogP contribution in [0.4, 0.5) is 4.79 Å². The van der Waals surface area contributed by atoms with Crippen molar-refractivity contribution >= 4 is 11.9 Å². The van der Waals surface area contributed by atoms with Crippen LogP contribution in [0.25, 0.3) is 0 Å². The van der Waals surface area contributed by atoms with Gasteiger partial charge < -0.3 is 21.0 Å². The molecule has 0 aromatic carbocycles. The van der Waals surface area contributed by atoms with Gasteiger partial charge >= 0.3 is 6.09 Å². The van der Waals surface area contributed by atoms with Crippen LogP contribution >= 0.6 is 0 Å². The van der Waals surface area contributed by atoms with E-state index in [4.69, 9.17) is 15.7 Å². The molecule has 0 unspecified atom stereocenters. The Balaban J connectivity index is 3.52. The molecule has 6 heteroatoms. The van der Waals surface area contributed by atoms with E-state index in [-0.39, 0.29) is 18.3 Å². The first-order valence-electron chi connectivity index (χ1n) is 3.93. The van der Waals surface area contributed by atoms with E-state index in [1.807, 2.05) is 13.8 Å². The van der Waals surface area contributed by atoms with Gasteiger partial charge in [-0.1, -0.05) is 19.0 Å². The monoisotopic (exact) mass is 189 g/mol. The molecule has 0 aliphatic carbocycles. The van der Waals surface area contributed by atoms with E-state index < -0.39 is 6.09 Å². The van der Waals surface area contributed by atoms with Crippen LogP contribution in [-0.4, -0.2) is 30.3 Å². The Morgan fingerprint density at radius 2 is 2.31 bits per heavy atom. The van der Waals surface area contributed by atoms with Gasteiger partial charge in [-0.2, -0.15) is 0 Å². The molecule has 0 fully saturated rings. The quantitative estimate of drug-likeness (QED) is 0.253. The van der Waals surface area contributed by atoms with Crippen molar-refractivity contribution in [1.29, 1.82) is 0 Å². The van der Waals surface area contributed by atoms with Crippen LogP contribution in [0.1, 0.15) is 13.8 Å². The molecule has 0 aliphatic rings. The number of oxime groups is 1. The molecule has 0 saturated carbocycles. The lowest BCUT2D eigenvalue weighted by atomic mass is 10.2. The van der Waals surface area contributed by atoms with Crippen molar-refractivity contribution in [2.75, 3.05) is 13.2 Å². The van der Waals surface area contributed by atoms with Gasteiger partial charge in [0.25, 0.3) is 0 Å². The Hall–Kier alpha value is -1.46. The van der Waals surface area contributed by atoms with Crippen LogP contribution < -0.4 is 11.1 Å². The van der Waals surface area contributed by atoms with Gasteiger partial charge in [-0.05, 0) is 5.92 Å². The molecule has 0 atom stereocenters. The Bertz CT molecular complexity index is 191. The van der Waals surface area contributed by atoms with Gasteiger partial charge in [0.15, 0.2) is 5.84 Å². The fourth-order valence-corrected chi connectivity index (χ4v) is 0.491. The minimum atomic E-state index is -0.569. The highest BCUT2D eigenvalue weighted by atomic mass is 16.5. The maximum atomic E-state index is 10.8. The van der Waals surface area contributed by atoms with E-state index in [1.54, 1.807) is 0 Å². The van der Waals surface area contributed by atoms with Crippen molar-refractivity contribution in [1.82, 2.24) is 5.32 Å². The first-order valence-corrected chi connectivity index (χ1v) is 3.93. The van der Waals surface area contributed by atoms with Crippen molar-refractivity contribution in [3.8, 4) is 0 Å². The van der Waals surface area contributed by atoms with Crippen LogP contribution in [0.3, 0.4) is 0 Å². The topological polar surface area (TPSA) is 96.9 Å². The van der Waals surface area contributed by atoms with Gasteiger partial charge in [-0.3, -0.25) is 0 Å². The standard InChI is InChI=1S/C7H15N3O3/c1-5(2)4-13-7(11)9-3-6(8)10-12/h5,12H,3-4H2,1-2H3,(H2,8,10)(H,9,11). The van der Waals surface area contributed by atoms with Crippen molar-refractivity contribution in [2.45, 2.75) is 13.8 Å². The average molecular weight is 189 g/mol. The molecule has 0 rings (SSSR count). The lowest BCUT2D eigenvalue weighted by molar-refractivity contribution is 0.134. The number of hydrogen-bond acceptors (Lipinski definition) is 4. The average Bonchev–Trinajstić information content (AvgIpc) is 2.10. The number of nitrogens with two attached hydrogens (primary N) is 1. The normalized spacial score (nSPS) is 11.5. The number of carbonyl (C=O) groups is 1. The van der Waals surface area contributed by atoms with Crippen LogP contribution in [0.15, 0.2) is 5.16 Å². The summed E-state index contributed by atoms with van der Waals surface area (Å²) in [5, 5.41) is 13.1.